The van der Waals surface area contributed by atoms with E-state index in [4.69, 9.17) is 8.83 Å². The molecule has 0 unspecified atom stereocenters. The van der Waals surface area contributed by atoms with Gasteiger partial charge in [0.2, 0.25) is 0 Å². The molecule has 0 atom stereocenters. The molecule has 0 N–H and O–H groups in total. The van der Waals surface area contributed by atoms with Crippen LogP contribution in [0.1, 0.15) is 5.56 Å². The summed E-state index contributed by atoms with van der Waals surface area (Å²) in [5.41, 5.74) is 16.3. The van der Waals surface area contributed by atoms with Crippen molar-refractivity contribution in [1.82, 2.24) is 18.7 Å². The molecule has 0 bridgehead atoms. The van der Waals surface area contributed by atoms with Gasteiger partial charge in [-0.15, -0.1) is 0 Å². The smallest absolute Gasteiger partial charge is 0.135 e. The molecule has 15 aromatic rings. The van der Waals surface area contributed by atoms with Crippen LogP contribution in [0.2, 0.25) is 0 Å². The molecule has 336 valence electrons. The Kier molecular flexibility index (Phi) is 9.60. The van der Waals surface area contributed by atoms with Crippen molar-refractivity contribution in [2.45, 2.75) is 6.42 Å². The van der Waals surface area contributed by atoms with Crippen LogP contribution in [0.15, 0.2) is 243 Å². The topological polar surface area (TPSA) is 66.3 Å². The van der Waals surface area contributed by atoms with E-state index >= 15 is 0 Å². The van der Waals surface area contributed by atoms with Crippen LogP contribution in [-0.2, 0) is 6.42 Å². The predicted octanol–water partition coefficient (Wildman–Crippen LogP) is 17.4. The first-order chi connectivity index (χ1) is 35.1. The number of nitrogens with zero attached hydrogens (tertiary/aromatic N) is 5. The molecule has 0 saturated heterocycles. The van der Waals surface area contributed by atoms with Crippen molar-refractivity contribution in [3.63, 3.8) is 0 Å². The largest absolute Gasteiger partial charge is 0.456 e. The summed E-state index contributed by atoms with van der Waals surface area (Å²) < 4.78 is 20.1. The van der Waals surface area contributed by atoms with Crippen molar-refractivity contribution in [2.75, 3.05) is 0 Å². The number of aromatic nitrogens is 4. The Labute approximate surface area is 414 Å². The maximum absolute atomic E-state index is 6.23. The number of furan rings is 2. The standard InChI is InChI=1S/C31H19N3O.C24H14BrNO.C8H7N/c1-4-10-27-22(7-1)23-8-2-5-11-28(23)34(27)21-14-16-31-25(18-21)24-17-20(13-15-30(24)35-31)33-19-32-26-9-3-6-12-29(26)33;25-15-9-11-23-19(13-15)20-14-16(10-12-24(20)27-23)26-21-7-3-1-5-17(21)18-6-2-4-8-22(18)26;1-2-4-8-7(3-1)5-6-9-8/h1-19H;1-14H;1-4,6H,5H2. The van der Waals surface area contributed by atoms with Crippen molar-refractivity contribution in [3.05, 3.63) is 235 Å². The number of aliphatic imine (C=N–C) groups is 1. The third-order valence-electron chi connectivity index (χ3n) is 13.8. The molecule has 0 radical (unpaired) electrons. The van der Waals surface area contributed by atoms with Gasteiger partial charge in [-0.25, -0.2) is 4.98 Å². The number of hydrogen-bond acceptors (Lipinski definition) is 4. The fourth-order valence-corrected chi connectivity index (χ4v) is 10.9. The second-order valence-electron chi connectivity index (χ2n) is 17.9. The summed E-state index contributed by atoms with van der Waals surface area (Å²) in [7, 11) is 0. The van der Waals surface area contributed by atoms with E-state index in [1.807, 2.05) is 61.1 Å². The van der Waals surface area contributed by atoms with Gasteiger partial charge >= 0.3 is 0 Å². The van der Waals surface area contributed by atoms with Crippen LogP contribution in [-0.4, -0.2) is 24.9 Å². The van der Waals surface area contributed by atoms with Crippen LogP contribution in [0.5, 0.6) is 0 Å². The van der Waals surface area contributed by atoms with Crippen LogP contribution in [0, 0.1) is 0 Å². The van der Waals surface area contributed by atoms with Crippen LogP contribution >= 0.6 is 15.9 Å². The zero-order valence-corrected chi connectivity index (χ0v) is 39.7. The van der Waals surface area contributed by atoms with Crippen molar-refractivity contribution < 1.29 is 8.83 Å². The van der Waals surface area contributed by atoms with Crippen LogP contribution in [0.3, 0.4) is 0 Å². The first-order valence-corrected chi connectivity index (χ1v) is 24.5. The fraction of sp³-hybridized carbons (Fsp3) is 0.0159. The van der Waals surface area contributed by atoms with E-state index in [-0.39, 0.29) is 0 Å². The van der Waals surface area contributed by atoms with E-state index in [1.165, 1.54) is 49.2 Å². The zero-order chi connectivity index (χ0) is 47.0. The molecule has 0 aliphatic carbocycles. The van der Waals surface area contributed by atoms with Gasteiger partial charge < -0.3 is 18.0 Å². The van der Waals surface area contributed by atoms with Gasteiger partial charge in [-0.3, -0.25) is 9.56 Å². The highest BCUT2D eigenvalue weighted by molar-refractivity contribution is 9.10. The van der Waals surface area contributed by atoms with Gasteiger partial charge in [-0.1, -0.05) is 119 Å². The second-order valence-corrected chi connectivity index (χ2v) is 18.8. The van der Waals surface area contributed by atoms with Gasteiger partial charge in [0.1, 0.15) is 28.7 Å². The molecule has 0 amide bonds. The molecule has 1 aliphatic rings. The number of hydrogen-bond donors (Lipinski definition) is 0. The maximum atomic E-state index is 6.23. The summed E-state index contributed by atoms with van der Waals surface area (Å²) in [5, 5.41) is 9.52. The van der Waals surface area contributed by atoms with E-state index in [0.29, 0.717) is 0 Å². The monoisotopic (exact) mass is 977 g/mol. The van der Waals surface area contributed by atoms with Crippen LogP contribution in [0.4, 0.5) is 5.69 Å². The highest BCUT2D eigenvalue weighted by Crippen LogP contribution is 2.38. The fourth-order valence-electron chi connectivity index (χ4n) is 10.5. The second kappa shape index (κ2) is 16.6. The Morgan fingerprint density at radius 1 is 0.380 bits per heavy atom. The minimum atomic E-state index is 0.882. The van der Waals surface area contributed by atoms with Gasteiger partial charge in [-0.05, 0) is 121 Å². The van der Waals surface area contributed by atoms with Gasteiger partial charge in [0.15, 0.2) is 0 Å². The van der Waals surface area contributed by atoms with Crippen LogP contribution < -0.4 is 0 Å². The third-order valence-corrected chi connectivity index (χ3v) is 14.3. The number of benzene rings is 10. The average molecular weight is 979 g/mol. The molecule has 1 aliphatic heterocycles. The first kappa shape index (κ1) is 41.0. The molecule has 0 saturated carbocycles. The molecule has 10 aromatic carbocycles. The van der Waals surface area contributed by atoms with E-state index in [9.17, 15) is 0 Å². The lowest BCUT2D eigenvalue weighted by molar-refractivity contribution is 0.668. The molecule has 5 aromatic heterocycles. The molecule has 0 fully saturated rings. The SMILES string of the molecule is Brc1ccc2oc3ccc(-n4c5ccccc5c5ccccc54)cc3c2c1.C1=Nc2ccccc2C1.c1ccc2c(c1)ncn2-c1ccc2oc3ccc(-n4c5ccccc5c5ccccc54)cc3c2c1. The molecular weight excluding hydrogens is 939 g/mol. The highest BCUT2D eigenvalue weighted by Gasteiger charge is 2.17. The van der Waals surface area contributed by atoms with E-state index < -0.39 is 0 Å². The van der Waals surface area contributed by atoms with E-state index in [0.717, 1.165) is 88.6 Å². The van der Waals surface area contributed by atoms with E-state index in [2.05, 4.69) is 209 Å². The molecular formula is C63H40BrN5O2. The lowest BCUT2D eigenvalue weighted by Crippen LogP contribution is -1.93. The summed E-state index contributed by atoms with van der Waals surface area (Å²) in [6.45, 7) is 0. The normalized spacial score (nSPS) is 12.2. The number of imidazole rings is 1. The van der Waals surface area contributed by atoms with Crippen molar-refractivity contribution in [2.24, 2.45) is 4.99 Å². The zero-order valence-electron chi connectivity index (χ0n) is 38.1. The van der Waals surface area contributed by atoms with Gasteiger partial charge in [0.05, 0.1) is 38.8 Å². The molecule has 8 heteroatoms. The van der Waals surface area contributed by atoms with E-state index in [1.54, 1.807) is 0 Å². The van der Waals surface area contributed by atoms with Crippen molar-refractivity contribution in [1.29, 1.82) is 0 Å². The highest BCUT2D eigenvalue weighted by atomic mass is 79.9. The Balaban J connectivity index is 0.000000115. The summed E-state index contributed by atoms with van der Waals surface area (Å²) in [4.78, 5) is 8.74. The molecule has 71 heavy (non-hydrogen) atoms. The predicted molar refractivity (Wildman–Crippen MR) is 297 cm³/mol. The number of halogens is 1. The average Bonchev–Trinajstić information content (AvgIpc) is 4.30. The third kappa shape index (κ3) is 6.86. The van der Waals surface area contributed by atoms with Gasteiger partial charge in [0.25, 0.3) is 0 Å². The maximum Gasteiger partial charge on any atom is 0.135 e. The van der Waals surface area contributed by atoms with Crippen molar-refractivity contribution >= 4 is 126 Å². The number of para-hydroxylation sites is 7. The Hall–Kier alpha value is -8.98. The Bertz CT molecular complexity index is 4500. The van der Waals surface area contributed by atoms with Gasteiger partial charge in [0, 0.05) is 77.3 Å². The molecule has 16 rings (SSSR count). The summed E-state index contributed by atoms with van der Waals surface area (Å²) in [5.74, 6) is 0. The Morgan fingerprint density at radius 3 is 1.34 bits per heavy atom. The summed E-state index contributed by atoms with van der Waals surface area (Å²) >= 11 is 3.58. The number of fused-ring (bicyclic) bond motifs is 14. The summed E-state index contributed by atoms with van der Waals surface area (Å²) in [6.07, 6.45) is 4.85. The number of rotatable bonds is 3. The molecule has 7 nitrogen and oxygen atoms in total. The minimum absolute atomic E-state index is 0.882. The van der Waals surface area contributed by atoms with Crippen molar-refractivity contribution in [3.8, 4) is 17.1 Å². The minimum Gasteiger partial charge on any atom is -0.456 e. The molecule has 0 spiro atoms. The first-order valence-electron chi connectivity index (χ1n) is 23.7. The quantitative estimate of drug-likeness (QED) is 0.177. The van der Waals surface area contributed by atoms with Crippen LogP contribution in [0.25, 0.3) is 116 Å². The Morgan fingerprint density at radius 2 is 0.803 bits per heavy atom. The van der Waals surface area contributed by atoms with Gasteiger partial charge in [-0.2, -0.15) is 0 Å². The molecule has 6 heterocycles. The summed E-state index contributed by atoms with van der Waals surface area (Å²) in [6, 6.07) is 76.2. The lowest BCUT2D eigenvalue weighted by atomic mass is 10.1. The lowest BCUT2D eigenvalue weighted by Gasteiger charge is -2.08.